The van der Waals surface area contributed by atoms with E-state index in [9.17, 15) is 12.8 Å². The van der Waals surface area contributed by atoms with Crippen LogP contribution in [0.25, 0.3) is 22.0 Å². The van der Waals surface area contributed by atoms with Crippen molar-refractivity contribution in [1.29, 1.82) is 0 Å². The molecule has 0 radical (unpaired) electrons. The van der Waals surface area contributed by atoms with Crippen LogP contribution in [0.5, 0.6) is 0 Å². The first-order chi connectivity index (χ1) is 13.0. The molecule has 0 aliphatic heterocycles. The van der Waals surface area contributed by atoms with Crippen LogP contribution in [0.3, 0.4) is 0 Å². The molecule has 3 N–H and O–H groups in total. The smallest absolute Gasteiger partial charge is 0.240 e. The number of fused-ring (bicyclic) bond motifs is 1. The van der Waals surface area contributed by atoms with Crippen molar-refractivity contribution >= 4 is 20.9 Å². The number of aromatic amines is 2. The molecule has 0 aliphatic rings. The molecule has 2 aromatic heterocycles. The lowest BCUT2D eigenvalue weighted by Gasteiger charge is -2.07. The fraction of sp³-hybridized carbons (Fsp3) is 0.105. The zero-order valence-electron chi connectivity index (χ0n) is 14.2. The summed E-state index contributed by atoms with van der Waals surface area (Å²) >= 11 is 0. The molecule has 0 bridgehead atoms. The van der Waals surface area contributed by atoms with Crippen molar-refractivity contribution in [2.45, 2.75) is 11.3 Å². The summed E-state index contributed by atoms with van der Waals surface area (Å²) in [6, 6.07) is 11.2. The summed E-state index contributed by atoms with van der Waals surface area (Å²) in [4.78, 5) is 10.2. The number of H-pyrrole nitrogens is 2. The minimum atomic E-state index is -3.60. The van der Waals surface area contributed by atoms with Crippen molar-refractivity contribution in [2.75, 3.05) is 6.54 Å². The van der Waals surface area contributed by atoms with Crippen molar-refractivity contribution < 1.29 is 12.8 Å². The normalized spacial score (nSPS) is 11.9. The Bertz CT molecular complexity index is 1170. The number of hydrogen-bond acceptors (Lipinski definition) is 3. The van der Waals surface area contributed by atoms with Crippen molar-refractivity contribution in [3.8, 4) is 11.1 Å². The first-order valence-corrected chi connectivity index (χ1v) is 9.86. The first-order valence-electron chi connectivity index (χ1n) is 8.38. The number of imidazole rings is 1. The van der Waals surface area contributed by atoms with Gasteiger partial charge in [0.1, 0.15) is 11.6 Å². The van der Waals surface area contributed by atoms with E-state index in [0.29, 0.717) is 11.9 Å². The molecule has 0 spiro atoms. The highest BCUT2D eigenvalue weighted by Crippen LogP contribution is 2.29. The van der Waals surface area contributed by atoms with Gasteiger partial charge in [0.25, 0.3) is 0 Å². The van der Waals surface area contributed by atoms with Crippen molar-refractivity contribution in [3.63, 3.8) is 0 Å². The van der Waals surface area contributed by atoms with E-state index in [-0.39, 0.29) is 17.3 Å². The molecule has 0 atom stereocenters. The van der Waals surface area contributed by atoms with E-state index in [1.165, 1.54) is 12.1 Å². The molecule has 8 heteroatoms. The van der Waals surface area contributed by atoms with Gasteiger partial charge in [-0.25, -0.2) is 22.5 Å². The van der Waals surface area contributed by atoms with Gasteiger partial charge in [-0.2, -0.15) is 0 Å². The SMILES string of the molecule is O=S(=O)(NCCc1ncc[nH]1)c1ccc(-c2c[nH]c3cc(F)ccc23)cc1. The Morgan fingerprint density at radius 1 is 1.07 bits per heavy atom. The quantitative estimate of drug-likeness (QED) is 0.477. The third-order valence-corrected chi connectivity index (χ3v) is 5.81. The number of halogens is 1. The van der Waals surface area contributed by atoms with E-state index in [1.807, 2.05) is 0 Å². The zero-order valence-corrected chi connectivity index (χ0v) is 15.1. The van der Waals surface area contributed by atoms with Crippen LogP contribution in [-0.4, -0.2) is 29.9 Å². The highest BCUT2D eigenvalue weighted by atomic mass is 32.2. The van der Waals surface area contributed by atoms with Crippen LogP contribution in [-0.2, 0) is 16.4 Å². The summed E-state index contributed by atoms with van der Waals surface area (Å²) in [7, 11) is -3.60. The van der Waals surface area contributed by atoms with Crippen LogP contribution >= 0.6 is 0 Å². The lowest BCUT2D eigenvalue weighted by molar-refractivity contribution is 0.581. The van der Waals surface area contributed by atoms with Crippen LogP contribution in [0.4, 0.5) is 4.39 Å². The first kappa shape index (κ1) is 17.4. The molecule has 0 amide bonds. The van der Waals surface area contributed by atoms with Crippen LogP contribution in [0.15, 0.2) is 66.0 Å². The molecule has 2 aromatic carbocycles. The predicted molar refractivity (Wildman–Crippen MR) is 101 cm³/mol. The summed E-state index contributed by atoms with van der Waals surface area (Å²) in [5, 5.41) is 0.878. The fourth-order valence-electron chi connectivity index (χ4n) is 2.97. The maximum absolute atomic E-state index is 13.3. The fourth-order valence-corrected chi connectivity index (χ4v) is 4.00. The number of sulfonamides is 1. The van der Waals surface area contributed by atoms with Crippen LogP contribution < -0.4 is 4.72 Å². The Kier molecular flexibility index (Phi) is 4.51. The third-order valence-electron chi connectivity index (χ3n) is 4.33. The highest BCUT2D eigenvalue weighted by Gasteiger charge is 2.14. The van der Waals surface area contributed by atoms with Crippen LogP contribution in [0.2, 0.25) is 0 Å². The number of nitrogens with zero attached hydrogens (tertiary/aromatic N) is 1. The van der Waals surface area contributed by atoms with Crippen molar-refractivity contribution in [2.24, 2.45) is 0 Å². The number of benzene rings is 2. The summed E-state index contributed by atoms with van der Waals surface area (Å²) in [6.45, 7) is 0.256. The summed E-state index contributed by atoms with van der Waals surface area (Å²) in [5.41, 5.74) is 2.43. The zero-order chi connectivity index (χ0) is 18.9. The van der Waals surface area contributed by atoms with Gasteiger partial charge in [-0.05, 0) is 35.9 Å². The Morgan fingerprint density at radius 2 is 1.89 bits per heavy atom. The second-order valence-corrected chi connectivity index (χ2v) is 7.87. The Morgan fingerprint density at radius 3 is 2.63 bits per heavy atom. The van der Waals surface area contributed by atoms with Gasteiger partial charge in [0.2, 0.25) is 10.0 Å². The van der Waals surface area contributed by atoms with E-state index in [0.717, 1.165) is 22.3 Å². The van der Waals surface area contributed by atoms with Crippen molar-refractivity contribution in [3.05, 3.63) is 72.7 Å². The largest absolute Gasteiger partial charge is 0.360 e. The summed E-state index contributed by atoms with van der Waals surface area (Å²) in [5.74, 6) is 0.418. The molecule has 2 heterocycles. The maximum Gasteiger partial charge on any atom is 0.240 e. The monoisotopic (exact) mass is 384 g/mol. The van der Waals surface area contributed by atoms with Crippen LogP contribution in [0.1, 0.15) is 5.82 Å². The Labute approximate surface area is 155 Å². The average Bonchev–Trinajstić information content (AvgIpc) is 3.31. The van der Waals surface area contributed by atoms with Crippen LogP contribution in [0, 0.1) is 5.82 Å². The molecule has 138 valence electrons. The lowest BCUT2D eigenvalue weighted by Crippen LogP contribution is -2.26. The summed E-state index contributed by atoms with van der Waals surface area (Å²) < 4.78 is 40.7. The van der Waals surface area contributed by atoms with Gasteiger partial charge in [-0.1, -0.05) is 12.1 Å². The molecular formula is C19H17FN4O2S. The van der Waals surface area contributed by atoms with Gasteiger partial charge < -0.3 is 9.97 Å². The highest BCUT2D eigenvalue weighted by molar-refractivity contribution is 7.89. The molecular weight excluding hydrogens is 367 g/mol. The third kappa shape index (κ3) is 3.62. The van der Waals surface area contributed by atoms with E-state index in [2.05, 4.69) is 19.7 Å². The predicted octanol–water partition coefficient (Wildman–Crippen LogP) is 3.22. The molecule has 0 unspecified atom stereocenters. The Hall–Kier alpha value is -2.97. The van der Waals surface area contributed by atoms with E-state index in [1.54, 1.807) is 48.9 Å². The molecule has 0 fully saturated rings. The van der Waals surface area contributed by atoms with Gasteiger partial charge in [0.05, 0.1) is 4.90 Å². The summed E-state index contributed by atoms with van der Waals surface area (Å²) in [6.07, 6.45) is 5.59. The maximum atomic E-state index is 13.3. The number of nitrogens with one attached hydrogen (secondary N) is 3. The van der Waals surface area contributed by atoms with E-state index >= 15 is 0 Å². The standard InChI is InChI=1S/C19H17FN4O2S/c20-14-3-6-16-17(12-23-18(16)11-14)13-1-4-15(5-2-13)27(25,26)24-8-7-19-21-9-10-22-19/h1-6,9-12,23-24H,7-8H2,(H,21,22). The van der Waals surface area contributed by atoms with Gasteiger partial charge in [-0.15, -0.1) is 0 Å². The molecule has 27 heavy (non-hydrogen) atoms. The Balaban J connectivity index is 1.52. The van der Waals surface area contributed by atoms with E-state index in [4.69, 9.17) is 0 Å². The lowest BCUT2D eigenvalue weighted by atomic mass is 10.1. The molecule has 6 nitrogen and oxygen atoms in total. The molecule has 4 rings (SSSR count). The molecule has 0 aliphatic carbocycles. The van der Waals surface area contributed by atoms with Gasteiger partial charge in [-0.3, -0.25) is 0 Å². The topological polar surface area (TPSA) is 90.6 Å². The second kappa shape index (κ2) is 6.98. The van der Waals surface area contributed by atoms with Crippen molar-refractivity contribution in [1.82, 2.24) is 19.7 Å². The minimum Gasteiger partial charge on any atom is -0.360 e. The average molecular weight is 384 g/mol. The molecule has 4 aromatic rings. The second-order valence-electron chi connectivity index (χ2n) is 6.10. The number of rotatable bonds is 6. The van der Waals surface area contributed by atoms with Gasteiger partial charge >= 0.3 is 0 Å². The van der Waals surface area contributed by atoms with E-state index < -0.39 is 10.0 Å². The minimum absolute atomic E-state index is 0.191. The molecule has 0 saturated heterocycles. The molecule has 0 saturated carbocycles. The number of hydrogen-bond donors (Lipinski definition) is 3. The number of aromatic nitrogens is 3. The van der Waals surface area contributed by atoms with Gasteiger partial charge in [0, 0.05) is 48.0 Å². The van der Waals surface area contributed by atoms with Gasteiger partial charge in [0.15, 0.2) is 0 Å².